The van der Waals surface area contributed by atoms with Crippen LogP contribution in [0.4, 0.5) is 0 Å². The molecule has 0 aromatic rings. The predicted octanol–water partition coefficient (Wildman–Crippen LogP) is 2.69. The normalized spacial score (nSPS) is 66.9. The monoisotopic (exact) mass is 136 g/mol. The quantitative estimate of drug-likeness (QED) is 0.480. The van der Waals surface area contributed by atoms with E-state index in [1.165, 1.54) is 12.3 Å². The Morgan fingerprint density at radius 1 is 1.10 bits per heavy atom. The van der Waals surface area contributed by atoms with Gasteiger partial charge in [0.2, 0.25) is 0 Å². The van der Waals surface area contributed by atoms with E-state index in [2.05, 4.69) is 20.8 Å². The molecule has 3 aliphatic rings. The molecule has 0 bridgehead atoms. The molecule has 0 radical (unpaired) electrons. The van der Waals surface area contributed by atoms with Gasteiger partial charge >= 0.3 is 0 Å². The van der Waals surface area contributed by atoms with Crippen molar-refractivity contribution in [1.82, 2.24) is 0 Å². The lowest BCUT2D eigenvalue weighted by molar-refractivity contribution is 0.102. The third-order valence-electron chi connectivity index (χ3n) is 4.56. The van der Waals surface area contributed by atoms with Gasteiger partial charge in [-0.15, -0.1) is 0 Å². The summed E-state index contributed by atoms with van der Waals surface area (Å²) in [5, 5.41) is 0. The van der Waals surface area contributed by atoms with Gasteiger partial charge in [-0.1, -0.05) is 20.8 Å². The summed E-state index contributed by atoms with van der Waals surface area (Å²) in [6.45, 7) is 7.43. The van der Waals surface area contributed by atoms with Crippen LogP contribution in [0.15, 0.2) is 0 Å². The van der Waals surface area contributed by atoms with Gasteiger partial charge in [0.05, 0.1) is 0 Å². The molecule has 56 valence electrons. The Morgan fingerprint density at radius 3 is 2.10 bits per heavy atom. The molecule has 4 atom stereocenters. The van der Waals surface area contributed by atoms with E-state index in [9.17, 15) is 0 Å². The van der Waals surface area contributed by atoms with Gasteiger partial charge in [-0.05, 0) is 41.4 Å². The zero-order valence-electron chi connectivity index (χ0n) is 7.15. The second-order valence-corrected chi connectivity index (χ2v) is 5.67. The zero-order chi connectivity index (χ0) is 7.15. The molecule has 0 nitrogen and oxygen atoms in total. The van der Waals surface area contributed by atoms with Gasteiger partial charge < -0.3 is 0 Å². The van der Waals surface area contributed by atoms with E-state index >= 15 is 0 Å². The van der Waals surface area contributed by atoms with E-state index < -0.39 is 0 Å². The van der Waals surface area contributed by atoms with Gasteiger partial charge in [0, 0.05) is 0 Å². The first-order chi connectivity index (χ1) is 4.56. The van der Waals surface area contributed by atoms with E-state index in [1.54, 1.807) is 6.42 Å². The first-order valence-corrected chi connectivity index (χ1v) is 4.56. The largest absolute Gasteiger partial charge is 0.0596 e. The summed E-state index contributed by atoms with van der Waals surface area (Å²) in [4.78, 5) is 0. The van der Waals surface area contributed by atoms with Gasteiger partial charge in [-0.3, -0.25) is 0 Å². The second kappa shape index (κ2) is 1.09. The topological polar surface area (TPSA) is 0 Å². The molecule has 0 saturated heterocycles. The van der Waals surface area contributed by atoms with Crippen LogP contribution in [0.2, 0.25) is 0 Å². The molecule has 0 aromatic heterocycles. The summed E-state index contributed by atoms with van der Waals surface area (Å²) in [5.74, 6) is 3.43. The Hall–Kier alpha value is 0. The van der Waals surface area contributed by atoms with E-state index in [4.69, 9.17) is 0 Å². The second-order valence-electron chi connectivity index (χ2n) is 5.67. The molecule has 3 fully saturated rings. The van der Waals surface area contributed by atoms with Crippen LogP contribution in [0.5, 0.6) is 0 Å². The first-order valence-electron chi connectivity index (χ1n) is 4.56. The average molecular weight is 136 g/mol. The van der Waals surface area contributed by atoms with E-state index in [1.807, 2.05) is 0 Å². The molecule has 0 aromatic carbocycles. The summed E-state index contributed by atoms with van der Waals surface area (Å²) in [6.07, 6.45) is 3.09. The minimum absolute atomic E-state index is 0.711. The standard InChI is InChI=1S/C10H16/c1-9(2)4-6-5-10(3)7(6)8(9)10/h6-8H,4-5H2,1-3H3/t6-,7+,8?,10-/m1/s1. The van der Waals surface area contributed by atoms with Crippen molar-refractivity contribution in [3.05, 3.63) is 0 Å². The molecule has 0 spiro atoms. The van der Waals surface area contributed by atoms with Crippen LogP contribution in [0.25, 0.3) is 0 Å². The number of rotatable bonds is 0. The lowest BCUT2D eigenvalue weighted by atomic mass is 9.66. The SMILES string of the molecule is CC1(C)C[C@@H]2C[C@@]3(C)C1[C@H]23. The maximum absolute atomic E-state index is 2.50. The molecule has 3 rings (SSSR count). The lowest BCUT2D eigenvalue weighted by Crippen LogP contribution is -2.31. The highest BCUT2D eigenvalue weighted by Crippen LogP contribution is 2.86. The van der Waals surface area contributed by atoms with Crippen LogP contribution in [0.1, 0.15) is 33.6 Å². The highest BCUT2D eigenvalue weighted by molar-refractivity contribution is 5.27. The molecule has 1 unspecified atom stereocenters. The zero-order valence-corrected chi connectivity index (χ0v) is 7.15. The molecule has 10 heavy (non-hydrogen) atoms. The van der Waals surface area contributed by atoms with E-state index in [0.29, 0.717) is 5.41 Å². The Bertz CT molecular complexity index is 204. The van der Waals surface area contributed by atoms with Gasteiger partial charge in [0.15, 0.2) is 0 Å². The van der Waals surface area contributed by atoms with Crippen LogP contribution >= 0.6 is 0 Å². The number of hydrogen-bond acceptors (Lipinski definition) is 0. The van der Waals surface area contributed by atoms with Crippen molar-refractivity contribution in [3.8, 4) is 0 Å². The van der Waals surface area contributed by atoms with Gasteiger partial charge in [-0.2, -0.15) is 0 Å². The summed E-state index contributed by atoms with van der Waals surface area (Å²) in [6, 6.07) is 0. The van der Waals surface area contributed by atoms with E-state index in [-0.39, 0.29) is 0 Å². The molecule has 0 amide bonds. The Kier molecular flexibility index (Phi) is 0.612. The lowest BCUT2D eigenvalue weighted by Gasteiger charge is -2.39. The van der Waals surface area contributed by atoms with Crippen LogP contribution in [0.3, 0.4) is 0 Å². The fourth-order valence-corrected chi connectivity index (χ4v) is 4.59. The summed E-state index contributed by atoms with van der Waals surface area (Å²) in [5.41, 5.74) is 1.55. The van der Waals surface area contributed by atoms with Crippen LogP contribution in [-0.2, 0) is 0 Å². The van der Waals surface area contributed by atoms with Gasteiger partial charge in [-0.25, -0.2) is 0 Å². The third kappa shape index (κ3) is 0.339. The van der Waals surface area contributed by atoms with Crippen molar-refractivity contribution in [2.24, 2.45) is 28.6 Å². The molecule has 3 aliphatic carbocycles. The Balaban J connectivity index is 2.02. The van der Waals surface area contributed by atoms with E-state index in [0.717, 1.165) is 17.3 Å². The molecular formula is C10H16. The minimum Gasteiger partial charge on any atom is -0.0596 e. The van der Waals surface area contributed by atoms with Crippen molar-refractivity contribution in [2.45, 2.75) is 33.6 Å². The van der Waals surface area contributed by atoms with Crippen LogP contribution in [0, 0.1) is 28.6 Å². The van der Waals surface area contributed by atoms with Crippen molar-refractivity contribution in [2.75, 3.05) is 0 Å². The molecule has 0 heterocycles. The minimum atomic E-state index is 0.711. The fraction of sp³-hybridized carbons (Fsp3) is 1.00. The Morgan fingerprint density at radius 2 is 1.80 bits per heavy atom. The number of hydrogen-bond donors (Lipinski definition) is 0. The molecule has 0 heteroatoms. The van der Waals surface area contributed by atoms with Gasteiger partial charge in [0.25, 0.3) is 0 Å². The van der Waals surface area contributed by atoms with Crippen LogP contribution < -0.4 is 0 Å². The number of fused-ring (bicyclic) bond motifs is 1. The van der Waals surface area contributed by atoms with Crippen molar-refractivity contribution < 1.29 is 0 Å². The highest BCUT2D eigenvalue weighted by Gasteiger charge is 2.80. The highest BCUT2D eigenvalue weighted by atomic mass is 14.8. The summed E-state index contributed by atoms with van der Waals surface area (Å²) in [7, 11) is 0. The summed E-state index contributed by atoms with van der Waals surface area (Å²) >= 11 is 0. The van der Waals surface area contributed by atoms with Crippen molar-refractivity contribution >= 4 is 0 Å². The molecule has 0 N–H and O–H groups in total. The van der Waals surface area contributed by atoms with Crippen molar-refractivity contribution in [1.29, 1.82) is 0 Å². The van der Waals surface area contributed by atoms with Gasteiger partial charge in [0.1, 0.15) is 0 Å². The first kappa shape index (κ1) is 5.62. The smallest absolute Gasteiger partial charge is 0.0253 e. The third-order valence-corrected chi connectivity index (χ3v) is 4.56. The predicted molar refractivity (Wildman–Crippen MR) is 41.6 cm³/mol. The maximum Gasteiger partial charge on any atom is -0.0253 e. The maximum atomic E-state index is 2.50. The molecule has 3 saturated carbocycles. The van der Waals surface area contributed by atoms with Crippen LogP contribution in [-0.4, -0.2) is 0 Å². The summed E-state index contributed by atoms with van der Waals surface area (Å²) < 4.78 is 0. The molecule has 0 aliphatic heterocycles. The van der Waals surface area contributed by atoms with Crippen molar-refractivity contribution in [3.63, 3.8) is 0 Å². The fourth-order valence-electron chi connectivity index (χ4n) is 4.59. The average Bonchev–Trinajstić information content (AvgIpc) is 2.14. The Labute approximate surface area is 63.0 Å². The molecular weight excluding hydrogens is 120 g/mol.